The third kappa shape index (κ3) is 5.28. The Balaban J connectivity index is 2.12. The van der Waals surface area contributed by atoms with E-state index < -0.39 is 11.9 Å². The average molecular weight is 382 g/mol. The molecule has 6 heteroatoms. The fraction of sp³-hybridized carbons (Fsp3) is 0.316. The van der Waals surface area contributed by atoms with Crippen molar-refractivity contribution in [3.63, 3.8) is 0 Å². The number of ether oxygens (including phenoxy) is 1. The Morgan fingerprint density at radius 1 is 1.24 bits per heavy atom. The lowest BCUT2D eigenvalue weighted by molar-refractivity contribution is -0.138. The van der Waals surface area contributed by atoms with Gasteiger partial charge in [0.05, 0.1) is 16.0 Å². The topological polar surface area (TPSA) is 58.6 Å². The lowest BCUT2D eigenvalue weighted by Gasteiger charge is -2.14. The molecule has 25 heavy (non-hydrogen) atoms. The van der Waals surface area contributed by atoms with Crippen molar-refractivity contribution in [2.75, 3.05) is 11.9 Å². The van der Waals surface area contributed by atoms with Crippen LogP contribution in [-0.2, 0) is 11.4 Å². The van der Waals surface area contributed by atoms with E-state index in [1.807, 2.05) is 24.3 Å². The number of nitrogens with one attached hydrogen (secondary N) is 1. The van der Waals surface area contributed by atoms with Gasteiger partial charge in [-0.3, -0.25) is 4.79 Å². The second-order valence-corrected chi connectivity index (χ2v) is 6.60. The molecule has 134 valence electrons. The molecule has 2 rings (SSSR count). The maximum absolute atomic E-state index is 11.1. The molecule has 2 N–H and O–H groups in total. The molecule has 0 spiro atoms. The maximum atomic E-state index is 11.1. The maximum Gasteiger partial charge on any atom is 0.310 e. The smallest absolute Gasteiger partial charge is 0.310 e. The van der Waals surface area contributed by atoms with Crippen LogP contribution in [0.1, 0.15) is 37.3 Å². The highest BCUT2D eigenvalue weighted by Gasteiger charge is 2.18. The molecule has 2 aromatic carbocycles. The first-order valence-corrected chi connectivity index (χ1v) is 8.85. The number of aliphatic carboxylic acids is 1. The number of hydrogen-bond donors (Lipinski definition) is 2. The average Bonchev–Trinajstić information content (AvgIpc) is 2.58. The van der Waals surface area contributed by atoms with Crippen molar-refractivity contribution in [3.8, 4) is 5.75 Å². The van der Waals surface area contributed by atoms with Crippen LogP contribution in [0.15, 0.2) is 36.4 Å². The minimum Gasteiger partial charge on any atom is -0.486 e. The Morgan fingerprint density at radius 3 is 2.52 bits per heavy atom. The SMILES string of the molecule is CCCNc1cccc(COc2c(Cl)cc(C(C)C(=O)O)cc2Cl)c1. The first-order valence-electron chi connectivity index (χ1n) is 8.09. The van der Waals surface area contributed by atoms with Crippen molar-refractivity contribution in [1.29, 1.82) is 0 Å². The van der Waals surface area contributed by atoms with E-state index in [9.17, 15) is 4.79 Å². The summed E-state index contributed by atoms with van der Waals surface area (Å²) >= 11 is 12.5. The molecule has 0 saturated carbocycles. The minimum atomic E-state index is -0.933. The van der Waals surface area contributed by atoms with Crippen molar-refractivity contribution in [1.82, 2.24) is 0 Å². The van der Waals surface area contributed by atoms with E-state index in [4.69, 9.17) is 33.0 Å². The molecule has 1 unspecified atom stereocenters. The number of carbonyl (C=O) groups is 1. The fourth-order valence-electron chi connectivity index (χ4n) is 2.31. The number of carboxylic acid groups (broad SMARTS) is 1. The van der Waals surface area contributed by atoms with Gasteiger partial charge in [0, 0.05) is 12.2 Å². The summed E-state index contributed by atoms with van der Waals surface area (Å²) in [4.78, 5) is 11.1. The summed E-state index contributed by atoms with van der Waals surface area (Å²) in [7, 11) is 0. The molecule has 0 fully saturated rings. The molecule has 0 aliphatic heterocycles. The molecule has 0 heterocycles. The zero-order chi connectivity index (χ0) is 18.4. The third-order valence-electron chi connectivity index (χ3n) is 3.78. The van der Waals surface area contributed by atoms with Gasteiger partial charge in [-0.05, 0) is 48.7 Å². The Morgan fingerprint density at radius 2 is 1.92 bits per heavy atom. The molecule has 1 atom stereocenters. The Bertz CT molecular complexity index is 726. The minimum absolute atomic E-state index is 0.302. The molecule has 0 saturated heterocycles. The molecule has 2 aromatic rings. The summed E-state index contributed by atoms with van der Waals surface area (Å²) in [5.41, 5.74) is 2.56. The van der Waals surface area contributed by atoms with E-state index in [0.717, 1.165) is 24.2 Å². The van der Waals surface area contributed by atoms with Crippen molar-refractivity contribution in [3.05, 3.63) is 57.6 Å². The van der Waals surface area contributed by atoms with Crippen molar-refractivity contribution in [2.24, 2.45) is 0 Å². The van der Waals surface area contributed by atoms with Gasteiger partial charge in [0.2, 0.25) is 0 Å². The summed E-state index contributed by atoms with van der Waals surface area (Å²) in [5.74, 6) is -1.26. The first-order chi connectivity index (χ1) is 11.9. The highest BCUT2D eigenvalue weighted by Crippen LogP contribution is 2.36. The molecule has 0 aromatic heterocycles. The van der Waals surface area contributed by atoms with Gasteiger partial charge in [-0.2, -0.15) is 0 Å². The molecule has 0 bridgehead atoms. The van der Waals surface area contributed by atoms with Crippen LogP contribution in [0.5, 0.6) is 5.75 Å². The van der Waals surface area contributed by atoms with Crippen LogP contribution < -0.4 is 10.1 Å². The number of benzene rings is 2. The van der Waals surface area contributed by atoms with Gasteiger partial charge in [-0.15, -0.1) is 0 Å². The lowest BCUT2D eigenvalue weighted by atomic mass is 10.0. The largest absolute Gasteiger partial charge is 0.486 e. The van der Waals surface area contributed by atoms with E-state index in [1.165, 1.54) is 0 Å². The van der Waals surface area contributed by atoms with Gasteiger partial charge in [-0.1, -0.05) is 42.3 Å². The van der Waals surface area contributed by atoms with E-state index in [1.54, 1.807) is 19.1 Å². The van der Waals surface area contributed by atoms with Gasteiger partial charge in [-0.25, -0.2) is 0 Å². The van der Waals surface area contributed by atoms with Crippen LogP contribution in [0.3, 0.4) is 0 Å². The second-order valence-electron chi connectivity index (χ2n) is 5.79. The molecular formula is C19H21Cl2NO3. The van der Waals surface area contributed by atoms with Crippen LogP contribution >= 0.6 is 23.2 Å². The van der Waals surface area contributed by atoms with Crippen LogP contribution in [0, 0.1) is 0 Å². The van der Waals surface area contributed by atoms with Gasteiger partial charge >= 0.3 is 5.97 Å². The number of halogens is 2. The second kappa shape index (κ2) is 8.97. The number of anilines is 1. The molecule has 0 aliphatic carbocycles. The highest BCUT2D eigenvalue weighted by molar-refractivity contribution is 6.37. The van der Waals surface area contributed by atoms with Gasteiger partial charge in [0.1, 0.15) is 6.61 Å². The summed E-state index contributed by atoms with van der Waals surface area (Å²) in [6, 6.07) is 11.1. The standard InChI is InChI=1S/C19H21Cl2NO3/c1-3-7-22-15-6-4-5-13(8-15)11-25-18-16(20)9-14(10-17(18)21)12(2)19(23)24/h4-6,8-10,12,22H,3,7,11H2,1-2H3,(H,23,24). The normalized spacial score (nSPS) is 11.8. The number of rotatable bonds is 8. The first kappa shape index (κ1) is 19.4. The van der Waals surface area contributed by atoms with Gasteiger partial charge < -0.3 is 15.2 Å². The summed E-state index contributed by atoms with van der Waals surface area (Å²) in [6.45, 7) is 4.92. The Labute approximate surface area is 157 Å². The summed E-state index contributed by atoms with van der Waals surface area (Å²) < 4.78 is 5.77. The Kier molecular flexibility index (Phi) is 6.97. The quantitative estimate of drug-likeness (QED) is 0.626. The van der Waals surface area contributed by atoms with Gasteiger partial charge in [0.15, 0.2) is 5.75 Å². The molecule has 0 radical (unpaired) electrons. The van der Waals surface area contributed by atoms with Crippen LogP contribution in [-0.4, -0.2) is 17.6 Å². The fourth-order valence-corrected chi connectivity index (χ4v) is 2.92. The van der Waals surface area contributed by atoms with Crippen LogP contribution in [0.2, 0.25) is 10.0 Å². The van der Waals surface area contributed by atoms with E-state index in [0.29, 0.717) is 28.0 Å². The van der Waals surface area contributed by atoms with E-state index in [-0.39, 0.29) is 0 Å². The predicted molar refractivity (Wildman–Crippen MR) is 102 cm³/mol. The molecule has 0 amide bonds. The van der Waals surface area contributed by atoms with E-state index >= 15 is 0 Å². The molecule has 4 nitrogen and oxygen atoms in total. The van der Waals surface area contributed by atoms with Crippen LogP contribution in [0.4, 0.5) is 5.69 Å². The predicted octanol–water partition coefficient (Wildman–Crippen LogP) is 5.58. The zero-order valence-corrected chi connectivity index (χ0v) is 15.7. The summed E-state index contributed by atoms with van der Waals surface area (Å²) in [6.07, 6.45) is 1.05. The van der Waals surface area contributed by atoms with Gasteiger partial charge in [0.25, 0.3) is 0 Å². The van der Waals surface area contributed by atoms with E-state index in [2.05, 4.69) is 12.2 Å². The van der Waals surface area contributed by atoms with Crippen molar-refractivity contribution in [2.45, 2.75) is 32.8 Å². The lowest BCUT2D eigenvalue weighted by Crippen LogP contribution is -2.08. The third-order valence-corrected chi connectivity index (χ3v) is 4.34. The summed E-state index contributed by atoms with van der Waals surface area (Å²) in [5, 5.41) is 13.0. The monoisotopic (exact) mass is 381 g/mol. The number of carboxylic acids is 1. The number of hydrogen-bond acceptors (Lipinski definition) is 3. The zero-order valence-electron chi connectivity index (χ0n) is 14.2. The highest BCUT2D eigenvalue weighted by atomic mass is 35.5. The Hall–Kier alpha value is -1.91. The molecule has 0 aliphatic rings. The molecular weight excluding hydrogens is 361 g/mol. The van der Waals surface area contributed by atoms with Crippen molar-refractivity contribution < 1.29 is 14.6 Å². The van der Waals surface area contributed by atoms with Crippen molar-refractivity contribution >= 4 is 34.9 Å². The van der Waals surface area contributed by atoms with Crippen LogP contribution in [0.25, 0.3) is 0 Å².